The first-order valence-corrected chi connectivity index (χ1v) is 30.1. The average Bonchev–Trinajstić information content (AvgIpc) is 3.04. The molecule has 2 aliphatic heterocycles. The highest BCUT2D eigenvalue weighted by atomic mass is 16.4. The Kier molecular flexibility index (Phi) is 25.6. The molecule has 2 fully saturated rings. The molecule has 1 aromatic carbocycles. The lowest BCUT2D eigenvalue weighted by Gasteiger charge is -2.34. The van der Waals surface area contributed by atoms with Gasteiger partial charge in [-0.1, -0.05) is 93.9 Å². The standard InChI is InChI=1S/C60H92N14O12/c1-11-35(10)50(59(84)74-23-15-19-46(74)55(80)70-48(33(6)7)57(82)69-44(27-37-29-63-30-65-37)54(79)71-49(34(8)9)60(85)86)72-56(81)45-18-14-22-73(45)58(83)41(20-21-47(62)75)66-53(78)43(26-36-28-64-40-17-13-12-16-38(36)40)68-52(77)42(25-32(4)5)67-51(76)39(61)24-31(2)3/h12-13,16-17,28-35,39,41-46,48-50,64H,11,14-15,18-27,61H2,1-10H3,(H2,62,75)(H,63,65)(H,66,78)(H,67,76)(H,68,77)(H,69,82)(H,70,80)(H,71,79)(H,72,81)(H,85,86)/t35-,39-,41-,42-,43-,44-,45-,46-,48-,49-,50-/m0/s1. The molecule has 0 radical (unpaired) electrons. The van der Waals surface area contributed by atoms with Crippen LogP contribution in [0, 0.1) is 29.6 Å². The van der Waals surface area contributed by atoms with Crippen molar-refractivity contribution in [2.45, 2.75) is 200 Å². The number of hydrogen-bond donors (Lipinski definition) is 12. The minimum Gasteiger partial charge on any atom is -0.480 e. The molecule has 0 aliphatic carbocycles. The number of aromatic nitrogens is 3. The van der Waals surface area contributed by atoms with Crippen molar-refractivity contribution in [2.24, 2.45) is 41.1 Å². The van der Waals surface area contributed by atoms with E-state index in [0.29, 0.717) is 36.9 Å². The van der Waals surface area contributed by atoms with Crippen molar-refractivity contribution < 1.29 is 57.8 Å². The number of amides is 10. The summed E-state index contributed by atoms with van der Waals surface area (Å²) in [6.07, 6.45) is 5.96. The zero-order valence-electron chi connectivity index (χ0n) is 51.3. The summed E-state index contributed by atoms with van der Waals surface area (Å²) in [7, 11) is 0. The number of H-pyrrole nitrogens is 2. The Balaban J connectivity index is 1.34. The summed E-state index contributed by atoms with van der Waals surface area (Å²) in [6, 6.07) is -4.51. The van der Waals surface area contributed by atoms with Crippen LogP contribution in [-0.4, -0.2) is 168 Å². The van der Waals surface area contributed by atoms with Crippen LogP contribution >= 0.6 is 0 Å². The molecule has 4 heterocycles. The number of carbonyl (C=O) groups is 11. The lowest BCUT2D eigenvalue weighted by atomic mass is 9.96. The van der Waals surface area contributed by atoms with Crippen molar-refractivity contribution in [1.29, 1.82) is 0 Å². The molecule has 2 aliphatic rings. The van der Waals surface area contributed by atoms with Crippen LogP contribution in [-0.2, 0) is 65.6 Å². The Labute approximate surface area is 502 Å². The van der Waals surface area contributed by atoms with E-state index in [2.05, 4.69) is 52.2 Å². The summed E-state index contributed by atoms with van der Waals surface area (Å²) in [6.45, 7) is 18.0. The first kappa shape index (κ1) is 68.9. The third-order valence-electron chi connectivity index (χ3n) is 16.0. The maximum atomic E-state index is 14.8. The molecule has 0 saturated carbocycles. The number of primary amides is 1. The summed E-state index contributed by atoms with van der Waals surface area (Å²) >= 11 is 0. The first-order chi connectivity index (χ1) is 40.6. The van der Waals surface area contributed by atoms with Gasteiger partial charge in [-0.2, -0.15) is 0 Å². The predicted octanol–water partition coefficient (Wildman–Crippen LogP) is 1.18. The first-order valence-electron chi connectivity index (χ1n) is 30.1. The number of nitrogens with one attached hydrogen (secondary N) is 9. The van der Waals surface area contributed by atoms with E-state index < -0.39 is 143 Å². The van der Waals surface area contributed by atoms with E-state index in [1.807, 2.05) is 58.9 Å². The second-order valence-corrected chi connectivity index (χ2v) is 24.5. The Morgan fingerprint density at radius 3 is 1.72 bits per heavy atom. The van der Waals surface area contributed by atoms with Crippen molar-refractivity contribution in [2.75, 3.05) is 13.1 Å². The lowest BCUT2D eigenvalue weighted by molar-refractivity contribution is -0.145. The quantitative estimate of drug-likeness (QED) is 0.0418. The number of aliphatic carboxylic acids is 1. The van der Waals surface area contributed by atoms with Crippen LogP contribution in [0.2, 0.25) is 0 Å². The molecule has 474 valence electrons. The van der Waals surface area contributed by atoms with E-state index in [-0.39, 0.29) is 69.9 Å². The van der Waals surface area contributed by atoms with Gasteiger partial charge in [-0.3, -0.25) is 47.9 Å². The summed E-state index contributed by atoms with van der Waals surface area (Å²) in [5, 5.41) is 29.8. The van der Waals surface area contributed by atoms with Gasteiger partial charge in [0.25, 0.3) is 0 Å². The molecule has 14 N–H and O–H groups in total. The highest BCUT2D eigenvalue weighted by Crippen LogP contribution is 2.26. The number of carboxylic acid groups (broad SMARTS) is 1. The predicted molar refractivity (Wildman–Crippen MR) is 319 cm³/mol. The molecule has 2 saturated heterocycles. The zero-order valence-corrected chi connectivity index (χ0v) is 51.3. The number of hydrogen-bond acceptors (Lipinski definition) is 13. The number of rotatable bonds is 32. The van der Waals surface area contributed by atoms with Crippen molar-refractivity contribution in [1.82, 2.24) is 62.0 Å². The summed E-state index contributed by atoms with van der Waals surface area (Å²) < 4.78 is 0. The Hall–Kier alpha value is -7.90. The van der Waals surface area contributed by atoms with E-state index in [4.69, 9.17) is 11.5 Å². The summed E-state index contributed by atoms with van der Waals surface area (Å²) in [4.78, 5) is 166. The number of carbonyl (C=O) groups excluding carboxylic acids is 10. The SMILES string of the molecule is CC[C@H](C)[C@H](NC(=O)[C@@H]1CCCN1C(=O)[C@H](CCC(N)=O)NC(=O)[C@H](Cc1c[nH]c2ccccc12)NC(=O)[C@H](CC(C)C)NC(=O)[C@@H](N)CC(C)C)C(=O)N1CCC[C@H]1C(=O)N[C@H](C(=O)N[C@@H](Cc1cnc[nH]1)C(=O)N[C@H](C(=O)O)C(C)C)C(C)C. The number of aromatic amines is 2. The lowest BCUT2D eigenvalue weighted by Crippen LogP contribution is -2.61. The van der Waals surface area contributed by atoms with Gasteiger partial charge in [0.15, 0.2) is 0 Å². The summed E-state index contributed by atoms with van der Waals surface area (Å²) in [5.74, 6) is -9.57. The molecule has 3 aromatic rings. The zero-order chi connectivity index (χ0) is 63.7. The second-order valence-electron chi connectivity index (χ2n) is 24.5. The number of likely N-dealkylation sites (tertiary alicyclic amines) is 2. The largest absolute Gasteiger partial charge is 0.480 e. The van der Waals surface area contributed by atoms with Gasteiger partial charge >= 0.3 is 5.97 Å². The van der Waals surface area contributed by atoms with Crippen LogP contribution in [0.1, 0.15) is 138 Å². The molecule has 10 amide bonds. The Morgan fingerprint density at radius 1 is 0.628 bits per heavy atom. The van der Waals surface area contributed by atoms with E-state index in [9.17, 15) is 57.8 Å². The number of imidazole rings is 1. The van der Waals surface area contributed by atoms with Crippen molar-refractivity contribution >= 4 is 75.9 Å². The Bertz CT molecular complexity index is 2850. The topological polar surface area (TPSA) is 395 Å². The van der Waals surface area contributed by atoms with Gasteiger partial charge in [-0.05, 0) is 86.2 Å². The highest BCUT2D eigenvalue weighted by Gasteiger charge is 2.44. The molecule has 26 nitrogen and oxygen atoms in total. The molecule has 86 heavy (non-hydrogen) atoms. The van der Waals surface area contributed by atoms with Gasteiger partial charge in [0.2, 0.25) is 59.1 Å². The van der Waals surface area contributed by atoms with Gasteiger partial charge in [0, 0.05) is 61.3 Å². The van der Waals surface area contributed by atoms with Gasteiger partial charge in [0.05, 0.1) is 12.4 Å². The van der Waals surface area contributed by atoms with Crippen LogP contribution < -0.4 is 48.7 Å². The fourth-order valence-electron chi connectivity index (χ4n) is 11.0. The summed E-state index contributed by atoms with van der Waals surface area (Å²) in [5.41, 5.74) is 13.7. The van der Waals surface area contributed by atoms with Gasteiger partial charge in [0.1, 0.15) is 54.4 Å². The highest BCUT2D eigenvalue weighted by molar-refractivity contribution is 5.99. The number of benzene rings is 1. The fraction of sp³-hybridized carbons (Fsp3) is 0.633. The van der Waals surface area contributed by atoms with Gasteiger partial charge in [-0.25, -0.2) is 9.78 Å². The number of nitrogens with zero attached hydrogens (tertiary/aromatic N) is 3. The molecule has 5 rings (SSSR count). The van der Waals surface area contributed by atoms with E-state index in [1.54, 1.807) is 40.8 Å². The monoisotopic (exact) mass is 1200 g/mol. The Morgan fingerprint density at radius 2 is 1.16 bits per heavy atom. The molecular weight excluding hydrogens is 1110 g/mol. The second kappa shape index (κ2) is 32.0. The molecule has 26 heteroatoms. The third-order valence-corrected chi connectivity index (χ3v) is 16.0. The maximum Gasteiger partial charge on any atom is 0.326 e. The van der Waals surface area contributed by atoms with Crippen LogP contribution in [0.15, 0.2) is 43.0 Å². The average molecular weight is 1200 g/mol. The van der Waals surface area contributed by atoms with Crippen molar-refractivity contribution in [3.63, 3.8) is 0 Å². The van der Waals surface area contributed by atoms with Crippen LogP contribution in [0.25, 0.3) is 10.9 Å². The van der Waals surface area contributed by atoms with Crippen LogP contribution in [0.4, 0.5) is 0 Å². The molecule has 2 aromatic heterocycles. The van der Waals surface area contributed by atoms with Crippen LogP contribution in [0.5, 0.6) is 0 Å². The molecule has 0 bridgehead atoms. The van der Waals surface area contributed by atoms with E-state index in [0.717, 1.165) is 10.9 Å². The molecule has 0 unspecified atom stereocenters. The maximum absolute atomic E-state index is 14.8. The normalized spacial score (nSPS) is 18.3. The molecular formula is C60H92N14O12. The number of para-hydroxylation sites is 1. The number of nitrogens with two attached hydrogens (primary N) is 2. The van der Waals surface area contributed by atoms with Crippen LogP contribution in [0.3, 0.4) is 0 Å². The number of fused-ring (bicyclic) bond motifs is 1. The van der Waals surface area contributed by atoms with Gasteiger partial charge in [-0.15, -0.1) is 0 Å². The van der Waals surface area contributed by atoms with Crippen molar-refractivity contribution in [3.05, 3.63) is 54.2 Å². The van der Waals surface area contributed by atoms with Crippen molar-refractivity contribution in [3.8, 4) is 0 Å². The minimum absolute atomic E-state index is 0.0646. The molecule has 11 atom stereocenters. The molecule has 0 spiro atoms. The van der Waals surface area contributed by atoms with E-state index >= 15 is 0 Å². The smallest absolute Gasteiger partial charge is 0.326 e. The van der Waals surface area contributed by atoms with Gasteiger partial charge < -0.3 is 73.6 Å². The number of carboxylic acids is 1. The third kappa shape index (κ3) is 19.1. The minimum atomic E-state index is -1.42. The van der Waals surface area contributed by atoms with E-state index in [1.165, 1.54) is 22.3 Å². The fourth-order valence-corrected chi connectivity index (χ4v) is 11.0.